The van der Waals surface area contributed by atoms with Gasteiger partial charge in [0, 0.05) is 0 Å². The first-order valence-corrected chi connectivity index (χ1v) is 16.1. The Labute approximate surface area is 262 Å². The van der Waals surface area contributed by atoms with Crippen LogP contribution in [0.3, 0.4) is 0 Å². The number of hydrogen-bond acceptors (Lipinski definition) is 12. The van der Waals surface area contributed by atoms with Gasteiger partial charge in [-0.05, 0) is 86.9 Å². The van der Waals surface area contributed by atoms with Crippen LogP contribution in [0.5, 0.6) is 0 Å². The predicted octanol–water partition coefficient (Wildman–Crippen LogP) is 9.23. The van der Waals surface area contributed by atoms with E-state index < -0.39 is 24.6 Å². The molecule has 2 rings (SSSR count). The van der Waals surface area contributed by atoms with E-state index in [0.717, 1.165) is 77.0 Å². The normalized spacial score (nSPS) is 21.8. The van der Waals surface area contributed by atoms with Crippen molar-refractivity contribution in [1.29, 1.82) is 0 Å². The minimum atomic E-state index is -1.04. The van der Waals surface area contributed by atoms with Crippen LogP contribution < -0.4 is 0 Å². The Morgan fingerprint density at radius 2 is 0.795 bits per heavy atom. The summed E-state index contributed by atoms with van der Waals surface area (Å²) in [5, 5.41) is 0. The van der Waals surface area contributed by atoms with Crippen molar-refractivity contribution in [3.63, 3.8) is 0 Å². The van der Waals surface area contributed by atoms with Gasteiger partial charge in [0.15, 0.2) is 0 Å². The lowest BCUT2D eigenvalue weighted by Gasteiger charge is -2.36. The van der Waals surface area contributed by atoms with Gasteiger partial charge in [0.1, 0.15) is 12.2 Å². The number of rotatable bonds is 8. The molecule has 0 atom stereocenters. The average molecular weight is 633 g/mol. The lowest BCUT2D eigenvalue weighted by Crippen LogP contribution is -2.31. The molecule has 0 heterocycles. The van der Waals surface area contributed by atoms with Crippen molar-refractivity contribution in [2.45, 2.75) is 145 Å². The Bertz CT molecular complexity index is 774. The summed E-state index contributed by atoms with van der Waals surface area (Å²) < 4.78 is 19.6. The molecule has 44 heavy (non-hydrogen) atoms. The van der Waals surface area contributed by atoms with E-state index in [1.807, 2.05) is 13.8 Å². The monoisotopic (exact) mass is 632 g/mol. The molecule has 0 aromatic rings. The maximum Gasteiger partial charge on any atom is 0.550 e. The van der Waals surface area contributed by atoms with Gasteiger partial charge >= 0.3 is 24.6 Å². The largest absolute Gasteiger partial charge is 0.550 e. The van der Waals surface area contributed by atoms with Crippen molar-refractivity contribution in [2.24, 2.45) is 22.7 Å². The maximum atomic E-state index is 11.8. The molecule has 0 spiro atoms. The Balaban J connectivity index is 0.000000517. The van der Waals surface area contributed by atoms with Crippen molar-refractivity contribution >= 4 is 24.6 Å². The molecule has 0 unspecified atom stereocenters. The summed E-state index contributed by atoms with van der Waals surface area (Å²) in [7, 11) is 0. The topological polar surface area (TPSA) is 142 Å². The maximum absolute atomic E-state index is 11.8. The predicted molar refractivity (Wildman–Crippen MR) is 160 cm³/mol. The SMILES string of the molecule is CC(C)(C)C1CCC(OC(=O)OOC(=O)OC2CCC(C(C)(C)C)CC2)CC1.CCCCOC(=O)OOC(=O)OCCCC. The van der Waals surface area contributed by atoms with Crippen molar-refractivity contribution in [3.8, 4) is 0 Å². The van der Waals surface area contributed by atoms with Crippen LogP contribution >= 0.6 is 0 Å². The highest BCUT2D eigenvalue weighted by Crippen LogP contribution is 2.39. The van der Waals surface area contributed by atoms with E-state index in [1.54, 1.807) is 0 Å². The minimum Gasteiger partial charge on any atom is -0.432 e. The van der Waals surface area contributed by atoms with Crippen LogP contribution in [0.4, 0.5) is 19.2 Å². The van der Waals surface area contributed by atoms with E-state index in [-0.39, 0.29) is 36.3 Å². The van der Waals surface area contributed by atoms with E-state index in [1.165, 1.54) is 0 Å². The molecular formula is C32H56O12. The van der Waals surface area contributed by atoms with Crippen LogP contribution in [0.15, 0.2) is 0 Å². The van der Waals surface area contributed by atoms with Crippen LogP contribution in [0.25, 0.3) is 0 Å². The first-order chi connectivity index (χ1) is 20.6. The van der Waals surface area contributed by atoms with E-state index in [2.05, 4.69) is 70.6 Å². The summed E-state index contributed by atoms with van der Waals surface area (Å²) in [4.78, 5) is 62.1. The first kappa shape index (κ1) is 39.1. The summed E-state index contributed by atoms with van der Waals surface area (Å²) in [6.45, 7) is 17.8. The molecule has 0 saturated heterocycles. The zero-order valence-electron chi connectivity index (χ0n) is 28.1. The van der Waals surface area contributed by atoms with Crippen LogP contribution in [-0.2, 0) is 38.5 Å². The van der Waals surface area contributed by atoms with Crippen molar-refractivity contribution in [2.75, 3.05) is 13.2 Å². The summed E-state index contributed by atoms with van der Waals surface area (Å²) >= 11 is 0. The highest BCUT2D eigenvalue weighted by Gasteiger charge is 2.33. The van der Waals surface area contributed by atoms with Crippen molar-refractivity contribution < 1.29 is 57.7 Å². The number of unbranched alkanes of at least 4 members (excludes halogenated alkanes) is 2. The van der Waals surface area contributed by atoms with Gasteiger partial charge in [-0.25, -0.2) is 0 Å². The number of carbonyl (C=O) groups excluding carboxylic acids is 4. The summed E-state index contributed by atoms with van der Waals surface area (Å²) in [6, 6.07) is 0. The van der Waals surface area contributed by atoms with E-state index in [0.29, 0.717) is 11.8 Å². The Morgan fingerprint density at radius 3 is 1.07 bits per heavy atom. The van der Waals surface area contributed by atoms with Crippen LogP contribution in [0.1, 0.15) is 132 Å². The minimum absolute atomic E-state index is 0.182. The number of carbonyl (C=O) groups is 4. The second kappa shape index (κ2) is 20.2. The van der Waals surface area contributed by atoms with Gasteiger partial charge in [0.2, 0.25) is 0 Å². The van der Waals surface area contributed by atoms with Crippen LogP contribution in [0.2, 0.25) is 0 Å². The molecule has 2 aliphatic carbocycles. The molecule has 0 bridgehead atoms. The molecule has 0 aliphatic heterocycles. The van der Waals surface area contributed by atoms with Gasteiger partial charge < -0.3 is 18.9 Å². The zero-order chi connectivity index (χ0) is 33.2. The molecule has 0 amide bonds. The summed E-state index contributed by atoms with van der Waals surface area (Å²) in [5.74, 6) is 1.26. The molecule has 2 saturated carbocycles. The molecule has 256 valence electrons. The van der Waals surface area contributed by atoms with E-state index >= 15 is 0 Å². The van der Waals surface area contributed by atoms with Gasteiger partial charge in [0.25, 0.3) is 0 Å². The fraction of sp³-hybridized carbons (Fsp3) is 0.875. The Kier molecular flexibility index (Phi) is 17.9. The molecule has 2 fully saturated rings. The lowest BCUT2D eigenvalue weighted by molar-refractivity contribution is -0.227. The fourth-order valence-corrected chi connectivity index (χ4v) is 5.19. The van der Waals surface area contributed by atoms with Gasteiger partial charge in [-0.3, -0.25) is 0 Å². The van der Waals surface area contributed by atoms with Crippen molar-refractivity contribution in [3.05, 3.63) is 0 Å². The summed E-state index contributed by atoms with van der Waals surface area (Å²) in [6.07, 6.45) is 6.13. The Morgan fingerprint density at radius 1 is 0.500 bits per heavy atom. The standard InChI is InChI=1S/C22H38O6.C10H18O6/c1-21(2,3)15-7-11-17(12-8-15)25-19(23)27-28-20(24)26-18-13-9-16(10-14-18)22(4,5)6;1-3-5-7-13-9(11)15-16-10(12)14-8-6-4-2/h15-18H,7-14H2,1-6H3;3-8H2,1-2H3. The average Bonchev–Trinajstić information content (AvgIpc) is 2.95. The third kappa shape index (κ3) is 17.4. The third-order valence-electron chi connectivity index (χ3n) is 8.11. The lowest BCUT2D eigenvalue weighted by atomic mass is 9.72. The smallest absolute Gasteiger partial charge is 0.432 e. The van der Waals surface area contributed by atoms with Gasteiger partial charge in [-0.1, -0.05) is 68.2 Å². The molecule has 12 heteroatoms. The van der Waals surface area contributed by atoms with Gasteiger partial charge in [0.05, 0.1) is 13.2 Å². The molecule has 0 aromatic heterocycles. The molecule has 0 aromatic carbocycles. The fourth-order valence-electron chi connectivity index (χ4n) is 5.19. The molecule has 2 aliphatic rings. The van der Waals surface area contributed by atoms with Crippen LogP contribution in [0, 0.1) is 22.7 Å². The first-order valence-electron chi connectivity index (χ1n) is 16.1. The van der Waals surface area contributed by atoms with E-state index in [4.69, 9.17) is 9.47 Å². The quantitative estimate of drug-likeness (QED) is 0.0827. The molecule has 0 N–H and O–H groups in total. The Hall–Kier alpha value is -2.92. The van der Waals surface area contributed by atoms with E-state index in [9.17, 15) is 19.2 Å². The second-order valence-corrected chi connectivity index (χ2v) is 13.7. The molecule has 12 nitrogen and oxygen atoms in total. The van der Waals surface area contributed by atoms with Crippen molar-refractivity contribution in [1.82, 2.24) is 0 Å². The number of ether oxygens (including phenoxy) is 4. The number of hydrogen-bond donors (Lipinski definition) is 0. The van der Waals surface area contributed by atoms with Crippen LogP contribution in [-0.4, -0.2) is 50.0 Å². The third-order valence-corrected chi connectivity index (χ3v) is 8.11. The van der Waals surface area contributed by atoms with Gasteiger partial charge in [-0.15, -0.1) is 0 Å². The van der Waals surface area contributed by atoms with Gasteiger partial charge in [-0.2, -0.15) is 38.7 Å². The highest BCUT2D eigenvalue weighted by molar-refractivity contribution is 5.64. The molecule has 0 radical (unpaired) electrons. The molecular weight excluding hydrogens is 576 g/mol. The summed E-state index contributed by atoms with van der Waals surface area (Å²) in [5.41, 5.74) is 0.536. The zero-order valence-corrected chi connectivity index (χ0v) is 28.1. The highest BCUT2D eigenvalue weighted by atomic mass is 17.3. The second-order valence-electron chi connectivity index (χ2n) is 13.7.